The summed E-state index contributed by atoms with van der Waals surface area (Å²) < 4.78 is 28.8. The minimum absolute atomic E-state index is 0.341. The van der Waals surface area contributed by atoms with Crippen molar-refractivity contribution >= 4 is 18.9 Å². The van der Waals surface area contributed by atoms with E-state index in [1.165, 1.54) is 21.1 Å². The number of carbonyl (C=O) groups is 1. The van der Waals surface area contributed by atoms with Crippen LogP contribution in [0.25, 0.3) is 5.31 Å². The van der Waals surface area contributed by atoms with E-state index in [1.807, 2.05) is 48.5 Å². The van der Waals surface area contributed by atoms with Crippen LogP contribution >= 0.6 is 7.60 Å². The van der Waals surface area contributed by atoms with Gasteiger partial charge >= 0.3 is 13.6 Å². The van der Waals surface area contributed by atoms with Crippen LogP contribution in [0.5, 0.6) is 0 Å². The number of rotatable bonds is 7. The Morgan fingerprint density at radius 2 is 1.48 bits per heavy atom. The molecule has 0 aliphatic carbocycles. The first-order chi connectivity index (χ1) is 12.0. The van der Waals surface area contributed by atoms with E-state index in [0.29, 0.717) is 10.9 Å². The molecule has 0 saturated heterocycles. The summed E-state index contributed by atoms with van der Waals surface area (Å²) in [5.41, 5.74) is 1.42. The maximum absolute atomic E-state index is 13.1. The van der Waals surface area contributed by atoms with Gasteiger partial charge in [0.2, 0.25) is 0 Å². The second-order valence-electron chi connectivity index (χ2n) is 5.22. The summed E-state index contributed by atoms with van der Waals surface area (Å²) in [6.07, 6.45) is 0.896. The van der Waals surface area contributed by atoms with E-state index in [-0.39, 0.29) is 0 Å². The number of benzene rings is 2. The van der Waals surface area contributed by atoms with Gasteiger partial charge in [0.1, 0.15) is 6.10 Å². The Labute approximate surface area is 147 Å². The molecule has 1 atom stereocenters. The van der Waals surface area contributed by atoms with E-state index >= 15 is 0 Å². The maximum atomic E-state index is 13.1. The molecule has 0 spiro atoms. The second kappa shape index (κ2) is 8.77. The lowest BCUT2D eigenvalue weighted by Crippen LogP contribution is -2.07. The van der Waals surface area contributed by atoms with Crippen molar-refractivity contribution in [2.75, 3.05) is 14.2 Å². The van der Waals surface area contributed by atoms with Gasteiger partial charge in [-0.3, -0.25) is 9.36 Å². The van der Waals surface area contributed by atoms with Crippen molar-refractivity contribution in [1.29, 1.82) is 0 Å². The number of ether oxygens (including phenoxy) is 1. The van der Waals surface area contributed by atoms with Gasteiger partial charge in [-0.2, -0.15) is 0 Å². The zero-order valence-electron chi connectivity index (χ0n) is 14.4. The summed E-state index contributed by atoms with van der Waals surface area (Å²) in [6, 6.07) is 18.3. The molecule has 2 aromatic carbocycles. The molecule has 0 heterocycles. The van der Waals surface area contributed by atoms with Crippen LogP contribution in [-0.2, 0) is 23.1 Å². The molecule has 2 aromatic rings. The highest BCUT2D eigenvalue weighted by atomic mass is 31.2. The maximum Gasteiger partial charge on any atom is 0.361 e. The van der Waals surface area contributed by atoms with E-state index in [0.717, 1.165) is 5.56 Å². The van der Waals surface area contributed by atoms with Crippen molar-refractivity contribution in [3.05, 3.63) is 77.9 Å². The minimum atomic E-state index is -3.56. The zero-order valence-corrected chi connectivity index (χ0v) is 15.3. The number of hydrogen-bond donors (Lipinski definition) is 0. The van der Waals surface area contributed by atoms with E-state index in [2.05, 4.69) is 0 Å². The molecule has 6 heteroatoms. The summed E-state index contributed by atoms with van der Waals surface area (Å²) >= 11 is 0. The fourth-order valence-corrected chi connectivity index (χ4v) is 3.71. The predicted molar refractivity (Wildman–Crippen MR) is 97.0 cm³/mol. The van der Waals surface area contributed by atoms with E-state index in [4.69, 9.17) is 13.8 Å². The molecule has 0 aliphatic rings. The van der Waals surface area contributed by atoms with Crippen molar-refractivity contribution in [1.82, 2.24) is 0 Å². The Hall–Kier alpha value is -2.20. The normalized spacial score (nSPS) is 13.3. The summed E-state index contributed by atoms with van der Waals surface area (Å²) in [5, 5.41) is 0.341. The summed E-state index contributed by atoms with van der Waals surface area (Å²) in [7, 11) is -0.913. The molecule has 5 nitrogen and oxygen atoms in total. The van der Waals surface area contributed by atoms with Gasteiger partial charge in [0.25, 0.3) is 0 Å². The van der Waals surface area contributed by atoms with E-state index in [9.17, 15) is 9.36 Å². The van der Waals surface area contributed by atoms with Crippen molar-refractivity contribution < 1.29 is 23.1 Å². The standard InChI is InChI=1S/C19H21O5P/c1-15(20)24-18(16-10-6-4-7-11-16)14-19(25(21,22-2)23-3)17-12-8-5-9-13-17/h4-14,18H,1-3H3/b19-14-. The number of esters is 1. The second-order valence-corrected chi connectivity index (χ2v) is 7.43. The van der Waals surface area contributed by atoms with Crippen molar-refractivity contribution in [3.63, 3.8) is 0 Å². The van der Waals surface area contributed by atoms with Gasteiger partial charge in [-0.05, 0) is 17.2 Å². The average molecular weight is 360 g/mol. The average Bonchev–Trinajstić information content (AvgIpc) is 2.65. The van der Waals surface area contributed by atoms with Crippen LogP contribution in [0.1, 0.15) is 24.2 Å². The fraction of sp³-hybridized carbons (Fsp3) is 0.211. The summed E-state index contributed by atoms with van der Waals surface area (Å²) in [4.78, 5) is 11.6. The van der Waals surface area contributed by atoms with Crippen LogP contribution in [0.15, 0.2) is 66.7 Å². The van der Waals surface area contributed by atoms with E-state index < -0.39 is 19.7 Å². The van der Waals surface area contributed by atoms with Gasteiger partial charge < -0.3 is 13.8 Å². The van der Waals surface area contributed by atoms with Gasteiger partial charge in [-0.25, -0.2) is 0 Å². The van der Waals surface area contributed by atoms with Crippen LogP contribution in [0.4, 0.5) is 0 Å². The lowest BCUT2D eigenvalue weighted by Gasteiger charge is -2.21. The van der Waals surface area contributed by atoms with Crippen molar-refractivity contribution in [2.45, 2.75) is 13.0 Å². The van der Waals surface area contributed by atoms with Crippen LogP contribution in [0.2, 0.25) is 0 Å². The van der Waals surface area contributed by atoms with Crippen LogP contribution in [0, 0.1) is 0 Å². The smallest absolute Gasteiger partial charge is 0.361 e. The molecule has 0 aliphatic heterocycles. The highest BCUT2D eigenvalue weighted by Crippen LogP contribution is 2.60. The molecule has 2 rings (SSSR count). The van der Waals surface area contributed by atoms with Crippen LogP contribution in [0.3, 0.4) is 0 Å². The molecule has 0 radical (unpaired) electrons. The lowest BCUT2D eigenvalue weighted by atomic mass is 10.1. The molecular weight excluding hydrogens is 339 g/mol. The Balaban J connectivity index is 2.60. The molecule has 0 fully saturated rings. The Kier molecular flexibility index (Phi) is 6.71. The Morgan fingerprint density at radius 1 is 0.960 bits per heavy atom. The largest absolute Gasteiger partial charge is 0.453 e. The predicted octanol–water partition coefficient (Wildman–Crippen LogP) is 4.82. The SMILES string of the molecule is COP(=O)(OC)/C(=C\C(OC(C)=O)c1ccccc1)c1ccccc1. The number of hydrogen-bond acceptors (Lipinski definition) is 5. The third kappa shape index (κ3) is 4.89. The highest BCUT2D eigenvalue weighted by Gasteiger charge is 2.30. The lowest BCUT2D eigenvalue weighted by molar-refractivity contribution is -0.144. The third-order valence-electron chi connectivity index (χ3n) is 3.58. The van der Waals surface area contributed by atoms with Gasteiger partial charge in [0.15, 0.2) is 0 Å². The summed E-state index contributed by atoms with van der Waals surface area (Å²) in [6.45, 7) is 1.33. The molecule has 0 N–H and O–H groups in total. The van der Waals surface area contributed by atoms with Crippen LogP contribution in [-0.4, -0.2) is 20.2 Å². The van der Waals surface area contributed by atoms with Gasteiger partial charge in [-0.1, -0.05) is 60.7 Å². The quantitative estimate of drug-likeness (QED) is 0.523. The highest BCUT2D eigenvalue weighted by molar-refractivity contribution is 7.65. The fourth-order valence-electron chi connectivity index (χ4n) is 2.39. The minimum Gasteiger partial charge on any atom is -0.453 e. The van der Waals surface area contributed by atoms with Crippen molar-refractivity contribution in [2.24, 2.45) is 0 Å². The molecule has 132 valence electrons. The third-order valence-corrected chi connectivity index (χ3v) is 5.53. The molecule has 0 bridgehead atoms. The molecule has 0 amide bonds. The monoisotopic (exact) mass is 360 g/mol. The van der Waals surface area contributed by atoms with Gasteiger partial charge in [0, 0.05) is 21.1 Å². The first-order valence-corrected chi connectivity index (χ1v) is 9.26. The Bertz CT molecular complexity index is 763. The molecule has 0 saturated carbocycles. The topological polar surface area (TPSA) is 61.8 Å². The molecule has 0 aromatic heterocycles. The van der Waals surface area contributed by atoms with E-state index in [1.54, 1.807) is 18.2 Å². The Morgan fingerprint density at radius 3 is 1.96 bits per heavy atom. The number of carbonyl (C=O) groups excluding carboxylic acids is 1. The van der Waals surface area contributed by atoms with Gasteiger partial charge in [-0.15, -0.1) is 0 Å². The first-order valence-electron chi connectivity index (χ1n) is 7.71. The molecule has 25 heavy (non-hydrogen) atoms. The van der Waals surface area contributed by atoms with Crippen LogP contribution < -0.4 is 0 Å². The molecule has 1 unspecified atom stereocenters. The zero-order chi connectivity index (χ0) is 18.3. The van der Waals surface area contributed by atoms with Crippen molar-refractivity contribution in [3.8, 4) is 0 Å². The van der Waals surface area contributed by atoms with Gasteiger partial charge in [0.05, 0.1) is 5.31 Å². The first kappa shape index (κ1) is 19.1. The summed E-state index contributed by atoms with van der Waals surface area (Å²) in [5.74, 6) is -0.442. The molecular formula is C19H21O5P.